The third-order valence-corrected chi connectivity index (χ3v) is 14.9. The van der Waals surface area contributed by atoms with Gasteiger partial charge in [-0.3, -0.25) is 9.48 Å². The fourth-order valence-corrected chi connectivity index (χ4v) is 12.1. The zero-order chi connectivity index (χ0) is 29.2. The Morgan fingerprint density at radius 3 is 2.12 bits per heavy atom. The number of benzene rings is 3. The molecule has 0 saturated heterocycles. The summed E-state index contributed by atoms with van der Waals surface area (Å²) in [6.45, 7) is 6.95. The van der Waals surface area contributed by atoms with Crippen LogP contribution < -0.4 is 10.4 Å². The van der Waals surface area contributed by atoms with Crippen molar-refractivity contribution in [2.45, 2.75) is 70.1 Å². The lowest BCUT2D eigenvalue weighted by molar-refractivity contribution is -0.137. The molecule has 2 unspecified atom stereocenters. The van der Waals surface area contributed by atoms with Crippen molar-refractivity contribution in [3.8, 4) is 11.3 Å². The number of carboxylic acids is 1. The van der Waals surface area contributed by atoms with Crippen LogP contribution in [0.2, 0.25) is 5.04 Å². The molecule has 1 heterocycles. The van der Waals surface area contributed by atoms with E-state index in [-0.39, 0.29) is 23.6 Å². The quantitative estimate of drug-likeness (QED) is 0.142. The second-order valence-corrected chi connectivity index (χ2v) is 18.1. The minimum Gasteiger partial charge on any atom is -0.481 e. The van der Waals surface area contributed by atoms with E-state index in [2.05, 4.69) is 137 Å². The fourth-order valence-electron chi connectivity index (χ4n) is 6.18. The van der Waals surface area contributed by atoms with Crippen molar-refractivity contribution in [3.05, 3.63) is 98.7 Å². The van der Waals surface area contributed by atoms with Gasteiger partial charge in [0.05, 0.1) is 21.7 Å². The third-order valence-electron chi connectivity index (χ3n) is 8.10. The second kappa shape index (κ2) is 12.5. The van der Waals surface area contributed by atoms with Crippen molar-refractivity contribution >= 4 is 63.2 Å². The van der Waals surface area contributed by atoms with Crippen molar-refractivity contribution in [2.24, 2.45) is 0 Å². The van der Waals surface area contributed by atoms with Gasteiger partial charge in [0.25, 0.3) is 8.32 Å². The Balaban J connectivity index is 1.50. The number of carboxylic acid groups (broad SMARTS) is 1. The molecule has 214 valence electrons. The van der Waals surface area contributed by atoms with Crippen LogP contribution in [-0.4, -0.2) is 35.3 Å². The molecule has 1 N–H and O–H groups in total. The summed E-state index contributed by atoms with van der Waals surface area (Å²) in [5.41, 5.74) is 2.95. The molecule has 1 aliphatic carbocycles. The number of hydrogen-bond acceptors (Lipinski definition) is 3. The lowest BCUT2D eigenvalue weighted by Crippen LogP contribution is -2.67. The summed E-state index contributed by atoms with van der Waals surface area (Å²) < 4.78 is 11.6. The van der Waals surface area contributed by atoms with Crippen LogP contribution in [0.4, 0.5) is 0 Å². The van der Waals surface area contributed by atoms with Gasteiger partial charge in [0.15, 0.2) is 0 Å². The van der Waals surface area contributed by atoms with Gasteiger partial charge < -0.3 is 9.53 Å². The third kappa shape index (κ3) is 6.26. The molecule has 5 nitrogen and oxygen atoms in total. The predicted molar refractivity (Wildman–Crippen MR) is 179 cm³/mol. The molecule has 0 spiro atoms. The molecule has 0 radical (unpaired) electrons. The molecule has 8 heteroatoms. The van der Waals surface area contributed by atoms with Crippen molar-refractivity contribution in [3.63, 3.8) is 0 Å². The number of aliphatic carboxylic acids is 1. The van der Waals surface area contributed by atoms with E-state index in [1.807, 2.05) is 12.1 Å². The minimum absolute atomic E-state index is 0.0795. The van der Waals surface area contributed by atoms with E-state index in [1.54, 1.807) is 0 Å². The molecule has 5 rings (SSSR count). The first-order chi connectivity index (χ1) is 19.6. The first kappa shape index (κ1) is 30.2. The largest absolute Gasteiger partial charge is 0.481 e. The average molecular weight is 744 g/mol. The van der Waals surface area contributed by atoms with Crippen LogP contribution in [0.1, 0.15) is 58.2 Å². The van der Waals surface area contributed by atoms with Gasteiger partial charge in [-0.25, -0.2) is 0 Å². The number of nitrogens with zero attached hydrogens (tertiary/aromatic N) is 2. The molecule has 0 aliphatic heterocycles. The zero-order valence-corrected chi connectivity index (χ0v) is 28.4. The van der Waals surface area contributed by atoms with Crippen molar-refractivity contribution in [1.29, 1.82) is 0 Å². The molecule has 41 heavy (non-hydrogen) atoms. The van der Waals surface area contributed by atoms with Crippen LogP contribution in [-0.2, 0) is 15.6 Å². The van der Waals surface area contributed by atoms with Crippen LogP contribution >= 0.6 is 38.5 Å². The summed E-state index contributed by atoms with van der Waals surface area (Å²) in [5.74, 6) is -0.793. The maximum absolute atomic E-state index is 11.6. The molecular weight excluding hydrogens is 707 g/mol. The van der Waals surface area contributed by atoms with Gasteiger partial charge in [-0.15, -0.1) is 0 Å². The number of halogens is 2. The van der Waals surface area contributed by atoms with Gasteiger partial charge in [-0.2, -0.15) is 5.10 Å². The standard InChI is InChI=1S/C33H36BrIN2O3Si/c1-33(2,3)41(27-10-6-4-7-11-27,28-12-8-5-9-13-28)40-26-19-18-25(22-26)37-29(20-21-30(38)39)31(35)32(36-37)23-14-16-24(34)17-15-23/h4-17,25-26H,18-22H2,1-3H3,(H,38,39). The molecular formula is C33H36BrIN2O3Si. The molecule has 3 aromatic carbocycles. The van der Waals surface area contributed by atoms with E-state index in [1.165, 1.54) is 10.4 Å². The Bertz CT molecular complexity index is 1450. The van der Waals surface area contributed by atoms with Crippen LogP contribution in [0.5, 0.6) is 0 Å². The summed E-state index contributed by atoms with van der Waals surface area (Å²) in [5, 5.41) is 17.1. The highest BCUT2D eigenvalue weighted by Crippen LogP contribution is 2.42. The Hall–Kier alpha value is -2.27. The topological polar surface area (TPSA) is 64.4 Å². The van der Waals surface area contributed by atoms with E-state index < -0.39 is 14.3 Å². The molecule has 1 saturated carbocycles. The monoisotopic (exact) mass is 742 g/mol. The number of hydrogen-bond donors (Lipinski definition) is 1. The summed E-state index contributed by atoms with van der Waals surface area (Å²) in [6, 6.07) is 29.9. The summed E-state index contributed by atoms with van der Waals surface area (Å²) in [6.07, 6.45) is 3.35. The summed E-state index contributed by atoms with van der Waals surface area (Å²) in [7, 11) is -2.67. The highest BCUT2D eigenvalue weighted by Gasteiger charge is 2.52. The van der Waals surface area contributed by atoms with E-state index in [4.69, 9.17) is 9.52 Å². The Kier molecular flexibility index (Phi) is 9.23. The smallest absolute Gasteiger partial charge is 0.303 e. The molecule has 1 fully saturated rings. The molecule has 2 atom stereocenters. The average Bonchev–Trinajstić information content (AvgIpc) is 3.55. The van der Waals surface area contributed by atoms with Gasteiger partial charge in [-0.05, 0) is 69.4 Å². The lowest BCUT2D eigenvalue weighted by atomic mass is 10.1. The van der Waals surface area contributed by atoms with Crippen molar-refractivity contribution in [2.75, 3.05) is 0 Å². The Labute approximate surface area is 265 Å². The maximum Gasteiger partial charge on any atom is 0.303 e. The highest BCUT2D eigenvalue weighted by molar-refractivity contribution is 14.1. The lowest BCUT2D eigenvalue weighted by Gasteiger charge is -2.44. The van der Waals surface area contributed by atoms with Crippen molar-refractivity contribution in [1.82, 2.24) is 9.78 Å². The van der Waals surface area contributed by atoms with E-state index >= 15 is 0 Å². The van der Waals surface area contributed by atoms with Crippen molar-refractivity contribution < 1.29 is 14.3 Å². The zero-order valence-electron chi connectivity index (χ0n) is 23.7. The van der Waals surface area contributed by atoms with Gasteiger partial charge in [-0.1, -0.05) is 109 Å². The van der Waals surface area contributed by atoms with Crippen LogP contribution in [0.3, 0.4) is 0 Å². The first-order valence-corrected chi connectivity index (χ1v) is 17.9. The summed E-state index contributed by atoms with van der Waals surface area (Å²) >= 11 is 5.87. The Morgan fingerprint density at radius 1 is 1.00 bits per heavy atom. The van der Waals surface area contributed by atoms with Crippen LogP contribution in [0, 0.1) is 3.57 Å². The van der Waals surface area contributed by atoms with Gasteiger partial charge in [0, 0.05) is 22.6 Å². The molecule has 1 aliphatic rings. The van der Waals surface area contributed by atoms with Gasteiger partial charge in [0.1, 0.15) is 5.69 Å². The second-order valence-electron chi connectivity index (χ2n) is 11.8. The fraction of sp³-hybridized carbons (Fsp3) is 0.333. The van der Waals surface area contributed by atoms with Crippen LogP contribution in [0.25, 0.3) is 11.3 Å². The maximum atomic E-state index is 11.6. The van der Waals surface area contributed by atoms with E-state index in [0.29, 0.717) is 6.42 Å². The predicted octanol–water partition coefficient (Wildman–Crippen LogP) is 7.60. The normalized spacial score (nSPS) is 17.6. The summed E-state index contributed by atoms with van der Waals surface area (Å²) in [4.78, 5) is 11.6. The van der Waals surface area contributed by atoms with E-state index in [0.717, 1.165) is 44.3 Å². The van der Waals surface area contributed by atoms with Gasteiger partial charge >= 0.3 is 5.97 Å². The van der Waals surface area contributed by atoms with E-state index in [9.17, 15) is 9.90 Å². The SMILES string of the molecule is CC(C)(C)[Si](OC1CCC(n2nc(-c3ccc(Br)cc3)c(I)c2CCC(=O)O)C1)(c1ccccc1)c1ccccc1. The molecule has 1 aromatic heterocycles. The number of rotatable bonds is 9. The van der Waals surface area contributed by atoms with Gasteiger partial charge in [0.2, 0.25) is 0 Å². The van der Waals surface area contributed by atoms with Crippen LogP contribution in [0.15, 0.2) is 89.4 Å². The highest BCUT2D eigenvalue weighted by atomic mass is 127. The Morgan fingerprint density at radius 2 is 1.59 bits per heavy atom. The molecule has 0 amide bonds. The molecule has 0 bridgehead atoms. The first-order valence-electron chi connectivity index (χ1n) is 14.1. The minimum atomic E-state index is -2.67. The number of aromatic nitrogens is 2. The molecule has 4 aromatic rings. The number of carbonyl (C=O) groups is 1.